The topological polar surface area (TPSA) is 154 Å². The highest BCUT2D eigenvalue weighted by atomic mass is 15.5. The van der Waals surface area contributed by atoms with E-state index >= 15 is 0 Å². The number of rotatable bonds is 4. The average Bonchev–Trinajstić information content (AvgIpc) is 1.60. The fraction of sp³-hybridized carbons (Fsp3) is 0.422. The lowest BCUT2D eigenvalue weighted by molar-refractivity contribution is 0.735. The van der Waals surface area contributed by atoms with Gasteiger partial charge in [0.15, 0.2) is 0 Å². The molecule has 0 unspecified atom stereocenters. The maximum Gasteiger partial charge on any atom is 0.121 e. The predicted molar refractivity (Wildman–Crippen MR) is 409 cm³/mol. The van der Waals surface area contributed by atoms with Crippen molar-refractivity contribution in [1.82, 2.24) is 75.0 Å². The van der Waals surface area contributed by atoms with Crippen molar-refractivity contribution in [2.24, 2.45) is 14.1 Å². The first-order valence-corrected chi connectivity index (χ1v) is 34.6. The van der Waals surface area contributed by atoms with Gasteiger partial charge in [-0.3, -0.25) is 0 Å². The molecule has 0 amide bonds. The Morgan fingerprint density at radius 1 is 0.153 bits per heavy atom. The number of benzene rings is 8. The van der Waals surface area contributed by atoms with E-state index in [0.717, 1.165) is 66.5 Å². The first-order chi connectivity index (χ1) is 45.8. The Kier molecular flexibility index (Phi) is 18.9. The minimum Gasteiger partial charge on any atom is -0.247 e. The lowest BCUT2D eigenvalue weighted by Gasteiger charge is -2.22. The number of fused-ring (bicyclic) bond motifs is 5. The Morgan fingerprint density at radius 3 is 0.622 bits per heavy atom. The quantitative estimate of drug-likeness (QED) is 0.166. The summed E-state index contributed by atoms with van der Waals surface area (Å²) in [5, 5.41) is 44.9. The Morgan fingerprint density at radius 2 is 0.327 bits per heavy atom. The van der Waals surface area contributed by atoms with Gasteiger partial charge in [-0.25, -0.2) is 23.4 Å². The van der Waals surface area contributed by atoms with Gasteiger partial charge in [-0.1, -0.05) is 26.1 Å². The van der Waals surface area contributed by atoms with Crippen LogP contribution in [0.15, 0.2) is 0 Å². The Bertz CT molecular complexity index is 5330. The fourth-order valence-corrected chi connectivity index (χ4v) is 15.4. The molecule has 13 aromatic rings. The minimum absolute atomic E-state index is 0.980. The van der Waals surface area contributed by atoms with E-state index in [-0.39, 0.29) is 0 Å². The molecule has 0 bridgehead atoms. The summed E-state index contributed by atoms with van der Waals surface area (Å²) in [7, 11) is 3.92. The third kappa shape index (κ3) is 10.7. The highest BCUT2D eigenvalue weighted by Crippen LogP contribution is 2.43. The molecular formula is C83H105N15. The highest BCUT2D eigenvalue weighted by Gasteiger charge is 2.28. The van der Waals surface area contributed by atoms with Gasteiger partial charge in [-0.05, 0) is 418 Å². The van der Waals surface area contributed by atoms with Crippen LogP contribution >= 0.6 is 0 Å². The van der Waals surface area contributed by atoms with Crippen molar-refractivity contribution in [3.63, 3.8) is 0 Å². The van der Waals surface area contributed by atoms with Crippen molar-refractivity contribution >= 4 is 55.2 Å². The van der Waals surface area contributed by atoms with Gasteiger partial charge in [-0.15, -0.1) is 25.5 Å². The van der Waals surface area contributed by atoms with E-state index in [4.69, 9.17) is 10.4 Å². The molecule has 512 valence electrons. The van der Waals surface area contributed by atoms with E-state index in [1.165, 1.54) is 200 Å². The lowest BCUT2D eigenvalue weighted by atomic mass is 9.83. The lowest BCUT2D eigenvalue weighted by Crippen LogP contribution is -2.12. The van der Waals surface area contributed by atoms with Crippen LogP contribution in [0.5, 0.6) is 0 Å². The summed E-state index contributed by atoms with van der Waals surface area (Å²) in [4.78, 5) is 0. The molecule has 0 spiro atoms. The van der Waals surface area contributed by atoms with Crippen molar-refractivity contribution < 1.29 is 0 Å². The smallest absolute Gasteiger partial charge is 0.121 e. The first kappa shape index (κ1) is 71.5. The van der Waals surface area contributed by atoms with Crippen LogP contribution in [0.4, 0.5) is 0 Å². The largest absolute Gasteiger partial charge is 0.247 e. The van der Waals surface area contributed by atoms with Gasteiger partial charge in [0.1, 0.15) is 27.6 Å². The van der Waals surface area contributed by atoms with Crippen LogP contribution in [0.25, 0.3) is 83.4 Å². The molecule has 0 saturated carbocycles. The number of nitrogens with zero attached hydrogens (tertiary/aromatic N) is 15. The van der Waals surface area contributed by atoms with Crippen LogP contribution < -0.4 is 0 Å². The zero-order valence-electron chi connectivity index (χ0n) is 65.7. The molecule has 98 heavy (non-hydrogen) atoms. The monoisotopic (exact) mass is 1310 g/mol. The predicted octanol–water partition coefficient (Wildman–Crippen LogP) is 19.4. The number of hydrogen-bond donors (Lipinski definition) is 0. The summed E-state index contributed by atoms with van der Waals surface area (Å²) in [6.45, 7) is 72.1. The molecule has 5 heterocycles. The van der Waals surface area contributed by atoms with E-state index in [1.807, 2.05) is 23.5 Å². The number of aryl methyl sites for hydroxylation is 11. The molecule has 0 radical (unpaired) electrons. The molecule has 0 N–H and O–H groups in total. The van der Waals surface area contributed by atoms with Crippen LogP contribution in [0.2, 0.25) is 0 Å². The Balaban J connectivity index is 0.000000148. The van der Waals surface area contributed by atoms with E-state index in [9.17, 15) is 0 Å². The summed E-state index contributed by atoms with van der Waals surface area (Å²) < 4.78 is 9.93. The van der Waals surface area contributed by atoms with Gasteiger partial charge in [-0.2, -0.15) is 0 Å². The zero-order chi connectivity index (χ0) is 72.7. The van der Waals surface area contributed by atoms with Gasteiger partial charge < -0.3 is 0 Å². The molecule has 0 aliphatic carbocycles. The normalized spacial score (nSPS) is 11.6. The maximum absolute atomic E-state index is 4.69. The molecule has 5 aromatic heterocycles. The summed E-state index contributed by atoms with van der Waals surface area (Å²) in [5.74, 6) is 0. The van der Waals surface area contributed by atoms with Crippen LogP contribution in [-0.4, -0.2) is 75.0 Å². The maximum atomic E-state index is 4.69. The molecule has 8 aromatic carbocycles. The van der Waals surface area contributed by atoms with Gasteiger partial charge >= 0.3 is 0 Å². The van der Waals surface area contributed by atoms with Crippen molar-refractivity contribution in [2.75, 3.05) is 0 Å². The van der Waals surface area contributed by atoms with Crippen molar-refractivity contribution in [1.29, 1.82) is 0 Å². The van der Waals surface area contributed by atoms with E-state index < -0.39 is 0 Å². The van der Waals surface area contributed by atoms with Gasteiger partial charge in [0.25, 0.3) is 0 Å². The van der Waals surface area contributed by atoms with Crippen molar-refractivity contribution in [3.8, 4) is 28.2 Å². The average molecular weight is 1310 g/mol. The summed E-state index contributed by atoms with van der Waals surface area (Å²) in [6, 6.07) is 0. The van der Waals surface area contributed by atoms with E-state index in [1.54, 1.807) is 0 Å². The van der Waals surface area contributed by atoms with Crippen LogP contribution in [0, 0.1) is 228 Å². The molecule has 0 saturated heterocycles. The Labute approximate surface area is 581 Å². The molecule has 15 heteroatoms. The first-order valence-electron chi connectivity index (χ1n) is 34.6. The van der Waals surface area contributed by atoms with Crippen molar-refractivity contribution in [3.05, 3.63) is 184 Å². The second kappa shape index (κ2) is 25.9. The molecule has 0 atom stereocenters. The SMILES string of the molecule is Cc1c(C)c(-n2nnc3c(C)c(C)c(C)c(C)c32)c(C)c(C)c1-n1nnc2c(C)c(C)c(C)c(C)c21.Cc1c(C)c(C)c(-c2c(C)c(C)c(C)c3c2nnn3C)c(C)c1C.Cc1c(C)c(C)c(-n2nnc3c(C)c(C)c(C)c(C)c32)c(C)c1C.Cc1c(C)c(C)c2c(nnn2C)c1C. The minimum atomic E-state index is 0.980. The third-order valence-corrected chi connectivity index (χ3v) is 24.7. The van der Waals surface area contributed by atoms with E-state index in [2.05, 4.69) is 284 Å². The molecule has 15 nitrogen and oxygen atoms in total. The highest BCUT2D eigenvalue weighted by molar-refractivity contribution is 5.99. The summed E-state index contributed by atoms with van der Waals surface area (Å²) in [6.07, 6.45) is 0. The number of hydrogen-bond acceptors (Lipinski definition) is 10. The van der Waals surface area contributed by atoms with Crippen LogP contribution in [0.1, 0.15) is 184 Å². The van der Waals surface area contributed by atoms with Gasteiger partial charge in [0.2, 0.25) is 0 Å². The fourth-order valence-electron chi connectivity index (χ4n) is 15.4. The van der Waals surface area contributed by atoms with Crippen LogP contribution in [0.3, 0.4) is 0 Å². The zero-order valence-corrected chi connectivity index (χ0v) is 65.7. The second-order valence-corrected chi connectivity index (χ2v) is 28.8. The summed E-state index contributed by atoms with van der Waals surface area (Å²) in [5.41, 5.74) is 59.2. The van der Waals surface area contributed by atoms with Gasteiger partial charge in [0, 0.05) is 19.7 Å². The molecule has 0 aliphatic rings. The molecule has 13 rings (SSSR count). The Hall–Kier alpha value is -9.24. The van der Waals surface area contributed by atoms with Crippen molar-refractivity contribution in [2.45, 2.75) is 228 Å². The molecule has 0 fully saturated rings. The standard InChI is InChI=1S/C30H36N6.2C21H27N3.C11H15N3/c1-13-15(3)19(7)29-25(17(13)5)31-33-35(29)27-21(9)23(11)28(24(12)22(27)10)36-30-20(8)16(4)14(2)18(6)26(30)32-34-36;1-10-12(3)16(7)20(17(8)13(10)4)24-21-18(9)14(5)11(2)15(6)19(21)22-23-24;1-10-11(2)14(5)18(15(6)12(10)3)19-16(7)13(4)17(8)21-20(19)22-23-24(21)9;1-6-7(2)9(4)11-10(8(6)3)12-13-14(11)5/h1-12H3;2*1-9H3;1-5H3. The van der Waals surface area contributed by atoms with E-state index in [0.29, 0.717) is 0 Å². The molecule has 0 aliphatic heterocycles. The summed E-state index contributed by atoms with van der Waals surface area (Å²) >= 11 is 0. The number of aromatic nitrogens is 15. The van der Waals surface area contributed by atoms with Crippen LogP contribution in [-0.2, 0) is 14.1 Å². The van der Waals surface area contributed by atoms with Gasteiger partial charge in [0.05, 0.1) is 44.6 Å². The second-order valence-electron chi connectivity index (χ2n) is 28.8. The molecular weight excluding hydrogens is 1210 g/mol. The third-order valence-electron chi connectivity index (χ3n) is 24.7.